The molecule has 0 aromatic heterocycles. The van der Waals surface area contributed by atoms with Gasteiger partial charge >= 0.3 is 0 Å². The van der Waals surface area contributed by atoms with Gasteiger partial charge in [-0.2, -0.15) is 11.1 Å². The summed E-state index contributed by atoms with van der Waals surface area (Å²) in [5.74, 6) is 0. The first kappa shape index (κ1) is 10.5. The zero-order valence-electron chi connectivity index (χ0n) is 7.96. The summed E-state index contributed by atoms with van der Waals surface area (Å²) in [6, 6.07) is 12.4. The van der Waals surface area contributed by atoms with Crippen molar-refractivity contribution in [3.8, 4) is 0 Å². The maximum atomic E-state index is 6.46. The van der Waals surface area contributed by atoms with Crippen LogP contribution >= 0.6 is 11.1 Å². The molecule has 0 aliphatic carbocycles. The van der Waals surface area contributed by atoms with Gasteiger partial charge in [-0.25, -0.2) is 0 Å². The second-order valence-corrected chi connectivity index (χ2v) is 9.05. The Morgan fingerprint density at radius 1 is 1.38 bits per heavy atom. The summed E-state index contributed by atoms with van der Waals surface area (Å²) in [6.07, 6.45) is 0. The molecule has 1 rings (SSSR count). The molecule has 1 atom stereocenters. The van der Waals surface area contributed by atoms with Crippen LogP contribution in [0, 0.1) is 0 Å². The third kappa shape index (κ3) is 3.01. The Morgan fingerprint density at radius 2 is 2.00 bits per heavy atom. The minimum absolute atomic E-state index is 0.995. The van der Waals surface area contributed by atoms with E-state index in [4.69, 9.17) is 11.1 Å². The Kier molecular flexibility index (Phi) is 3.76. The molecule has 0 nitrogen and oxygen atoms in total. The number of hydrogen-bond acceptors (Lipinski definition) is 0. The van der Waals surface area contributed by atoms with Gasteiger partial charge in [0.05, 0.1) is 0 Å². The van der Waals surface area contributed by atoms with E-state index in [1.807, 2.05) is 11.8 Å². The number of hydrogen-bond donors (Lipinski definition) is 0. The Morgan fingerprint density at radius 3 is 2.46 bits per heavy atom. The van der Waals surface area contributed by atoms with Gasteiger partial charge in [-0.15, -0.1) is 6.58 Å². The first-order valence-corrected chi connectivity index (χ1v) is 8.07. The van der Waals surface area contributed by atoms with E-state index < -0.39 is 7.38 Å². The molecule has 1 aromatic carbocycles. The molecule has 0 saturated heterocycles. The summed E-state index contributed by atoms with van der Waals surface area (Å²) in [6.45, 7) is 5.97. The third-order valence-electron chi connectivity index (χ3n) is 2.29. The maximum Gasteiger partial charge on any atom is 0.183 e. The van der Waals surface area contributed by atoms with Crippen molar-refractivity contribution >= 4 is 18.5 Å². The van der Waals surface area contributed by atoms with Crippen molar-refractivity contribution in [2.24, 2.45) is 0 Å². The molecule has 0 amide bonds. The van der Waals surface area contributed by atoms with Gasteiger partial charge in [0.25, 0.3) is 0 Å². The van der Waals surface area contributed by atoms with Gasteiger partial charge in [-0.3, -0.25) is 0 Å². The highest BCUT2D eigenvalue weighted by atomic mass is 35.6. The van der Waals surface area contributed by atoms with E-state index in [0.717, 1.165) is 12.1 Å². The number of benzene rings is 1. The molecule has 0 radical (unpaired) electrons. The molecule has 0 spiro atoms. The van der Waals surface area contributed by atoms with E-state index in [1.54, 1.807) is 0 Å². The lowest BCUT2D eigenvalue weighted by Gasteiger charge is -2.17. The molecule has 2 heteroatoms. The Labute approximate surface area is 86.0 Å². The molecule has 0 N–H and O–H groups in total. The molecule has 70 valence electrons. The van der Waals surface area contributed by atoms with Gasteiger partial charge in [0.1, 0.15) is 0 Å². The number of rotatable bonds is 4. The molecular weight excluding hydrogens is 196 g/mol. The molecule has 0 aliphatic heterocycles. The molecule has 0 fully saturated rings. The standard InChI is InChI=1S/C11H15ClSi/c1-3-13(12,4-2)10-11-8-6-5-7-9-11/h3,5-9H,1,4,10H2,2H3. The highest BCUT2D eigenvalue weighted by Crippen LogP contribution is 2.21. The predicted octanol–water partition coefficient (Wildman–Crippen LogP) is 3.70. The average molecular weight is 211 g/mol. The van der Waals surface area contributed by atoms with Crippen LogP contribution in [0.5, 0.6) is 0 Å². The van der Waals surface area contributed by atoms with E-state index >= 15 is 0 Å². The smallest absolute Gasteiger partial charge is 0.161 e. The van der Waals surface area contributed by atoms with Gasteiger partial charge in [0.15, 0.2) is 7.38 Å². The summed E-state index contributed by atoms with van der Waals surface area (Å²) in [5.41, 5.74) is 3.30. The second-order valence-electron chi connectivity index (χ2n) is 3.25. The Bertz CT molecular complexity index is 271. The van der Waals surface area contributed by atoms with Gasteiger partial charge in [-0.05, 0) is 17.7 Å². The lowest BCUT2D eigenvalue weighted by Crippen LogP contribution is -2.26. The fraction of sp³-hybridized carbons (Fsp3) is 0.273. The van der Waals surface area contributed by atoms with Gasteiger partial charge < -0.3 is 0 Å². The van der Waals surface area contributed by atoms with Crippen LogP contribution in [0.1, 0.15) is 12.5 Å². The zero-order chi connectivity index (χ0) is 9.73. The van der Waals surface area contributed by atoms with Crippen LogP contribution in [-0.2, 0) is 6.04 Å². The largest absolute Gasteiger partial charge is 0.183 e. The second kappa shape index (κ2) is 4.63. The van der Waals surface area contributed by atoms with E-state index in [9.17, 15) is 0 Å². The molecule has 13 heavy (non-hydrogen) atoms. The van der Waals surface area contributed by atoms with Crippen molar-refractivity contribution in [1.82, 2.24) is 0 Å². The molecule has 0 heterocycles. The van der Waals surface area contributed by atoms with Crippen LogP contribution in [0.3, 0.4) is 0 Å². The first-order valence-electron chi connectivity index (χ1n) is 4.56. The van der Waals surface area contributed by atoms with Crippen molar-refractivity contribution in [3.05, 3.63) is 48.2 Å². The van der Waals surface area contributed by atoms with Crippen LogP contribution in [0.4, 0.5) is 0 Å². The van der Waals surface area contributed by atoms with Crippen LogP contribution in [0.25, 0.3) is 0 Å². The van der Waals surface area contributed by atoms with E-state index in [2.05, 4.69) is 37.8 Å². The highest BCUT2D eigenvalue weighted by Gasteiger charge is 2.24. The molecule has 0 bridgehead atoms. The van der Waals surface area contributed by atoms with Crippen LogP contribution in [0.15, 0.2) is 42.6 Å². The van der Waals surface area contributed by atoms with E-state index in [1.165, 1.54) is 5.56 Å². The average Bonchev–Trinajstić information content (AvgIpc) is 2.19. The molecule has 1 aromatic rings. The topological polar surface area (TPSA) is 0 Å². The summed E-state index contributed by atoms with van der Waals surface area (Å²) < 4.78 is 0. The SMILES string of the molecule is C=C[Si](Cl)(CC)Cc1ccccc1. The van der Waals surface area contributed by atoms with Crippen molar-refractivity contribution < 1.29 is 0 Å². The third-order valence-corrected chi connectivity index (χ3v) is 6.86. The summed E-state index contributed by atoms with van der Waals surface area (Å²) in [4.78, 5) is 0. The fourth-order valence-corrected chi connectivity index (χ4v) is 3.34. The number of halogens is 1. The first-order chi connectivity index (χ1) is 6.20. The van der Waals surface area contributed by atoms with Crippen molar-refractivity contribution in [1.29, 1.82) is 0 Å². The van der Waals surface area contributed by atoms with Gasteiger partial charge in [-0.1, -0.05) is 43.0 Å². The summed E-state index contributed by atoms with van der Waals surface area (Å²) in [7, 11) is -1.70. The van der Waals surface area contributed by atoms with Crippen LogP contribution in [-0.4, -0.2) is 7.38 Å². The maximum absolute atomic E-state index is 6.46. The van der Waals surface area contributed by atoms with Crippen LogP contribution < -0.4 is 0 Å². The monoisotopic (exact) mass is 210 g/mol. The normalized spacial score (nSPS) is 14.9. The summed E-state index contributed by atoms with van der Waals surface area (Å²) >= 11 is 6.46. The van der Waals surface area contributed by atoms with E-state index in [0.29, 0.717) is 0 Å². The van der Waals surface area contributed by atoms with Crippen LogP contribution in [0.2, 0.25) is 6.04 Å². The molecule has 0 aliphatic rings. The quantitative estimate of drug-likeness (QED) is 0.525. The molecule has 0 saturated carbocycles. The van der Waals surface area contributed by atoms with Gasteiger partial charge in [0, 0.05) is 0 Å². The lowest BCUT2D eigenvalue weighted by atomic mass is 10.2. The zero-order valence-corrected chi connectivity index (χ0v) is 9.72. The summed E-state index contributed by atoms with van der Waals surface area (Å²) in [5, 5.41) is 0. The minimum atomic E-state index is -1.70. The molecular formula is C11H15ClSi. The van der Waals surface area contributed by atoms with Crippen molar-refractivity contribution in [3.63, 3.8) is 0 Å². The minimum Gasteiger partial charge on any atom is -0.161 e. The van der Waals surface area contributed by atoms with Crippen molar-refractivity contribution in [2.75, 3.05) is 0 Å². The Hall–Kier alpha value is -0.533. The Balaban J connectivity index is 2.73. The predicted molar refractivity (Wildman–Crippen MR) is 62.4 cm³/mol. The van der Waals surface area contributed by atoms with Crippen molar-refractivity contribution in [2.45, 2.75) is 19.0 Å². The molecule has 1 unspecified atom stereocenters. The fourth-order valence-electron chi connectivity index (χ4n) is 1.28. The van der Waals surface area contributed by atoms with E-state index in [-0.39, 0.29) is 0 Å². The van der Waals surface area contributed by atoms with Gasteiger partial charge in [0.2, 0.25) is 0 Å². The lowest BCUT2D eigenvalue weighted by molar-refractivity contribution is 1.28. The highest BCUT2D eigenvalue weighted by molar-refractivity contribution is 7.22.